The molecule has 2 unspecified atom stereocenters. The van der Waals surface area contributed by atoms with Gasteiger partial charge in [-0.25, -0.2) is 0 Å². The number of hydrogen-bond acceptors (Lipinski definition) is 3. The maximum absolute atomic E-state index is 3.72. The zero-order valence-electron chi connectivity index (χ0n) is 14.7. The molecule has 3 nitrogen and oxygen atoms in total. The lowest BCUT2D eigenvalue weighted by atomic mass is 9.98. The second-order valence-electron chi connectivity index (χ2n) is 7.10. The molecule has 0 radical (unpaired) electrons. The molecule has 1 fully saturated rings. The third-order valence-corrected chi connectivity index (χ3v) is 4.93. The summed E-state index contributed by atoms with van der Waals surface area (Å²) >= 11 is 0. The van der Waals surface area contributed by atoms with E-state index in [-0.39, 0.29) is 0 Å². The van der Waals surface area contributed by atoms with Crippen LogP contribution in [0.1, 0.15) is 53.9 Å². The van der Waals surface area contributed by atoms with Crippen LogP contribution in [0.5, 0.6) is 0 Å². The van der Waals surface area contributed by atoms with E-state index >= 15 is 0 Å². The van der Waals surface area contributed by atoms with E-state index in [1.807, 2.05) is 0 Å². The van der Waals surface area contributed by atoms with Crippen LogP contribution in [0.2, 0.25) is 0 Å². The minimum atomic E-state index is 0.669. The highest BCUT2D eigenvalue weighted by Crippen LogP contribution is 2.15. The first-order chi connectivity index (χ1) is 9.45. The van der Waals surface area contributed by atoms with Gasteiger partial charge in [0.15, 0.2) is 0 Å². The van der Waals surface area contributed by atoms with Crippen molar-refractivity contribution in [2.45, 2.75) is 72.0 Å². The van der Waals surface area contributed by atoms with E-state index < -0.39 is 0 Å². The van der Waals surface area contributed by atoms with Gasteiger partial charge in [-0.2, -0.15) is 0 Å². The Hall–Kier alpha value is -0.120. The molecule has 1 aliphatic heterocycles. The summed E-state index contributed by atoms with van der Waals surface area (Å²) in [6, 6.07) is 2.09. The van der Waals surface area contributed by atoms with Gasteiger partial charge in [0.05, 0.1) is 0 Å². The fourth-order valence-corrected chi connectivity index (χ4v) is 2.94. The fraction of sp³-hybridized carbons (Fsp3) is 1.00. The summed E-state index contributed by atoms with van der Waals surface area (Å²) in [6.07, 6.45) is 3.92. The molecule has 20 heavy (non-hydrogen) atoms. The maximum atomic E-state index is 3.72. The third-order valence-electron chi connectivity index (χ3n) is 4.93. The van der Waals surface area contributed by atoms with Crippen LogP contribution in [0.4, 0.5) is 0 Å². The van der Waals surface area contributed by atoms with Crippen LogP contribution in [0, 0.1) is 5.92 Å². The van der Waals surface area contributed by atoms with Crippen LogP contribution in [-0.4, -0.2) is 61.2 Å². The molecule has 0 aromatic carbocycles. The highest BCUT2D eigenvalue weighted by atomic mass is 15.2. The third kappa shape index (κ3) is 5.71. The number of hydrogen-bond donors (Lipinski definition) is 1. The van der Waals surface area contributed by atoms with Crippen molar-refractivity contribution in [1.29, 1.82) is 0 Å². The Morgan fingerprint density at radius 1 is 1.20 bits per heavy atom. The topological polar surface area (TPSA) is 18.5 Å². The number of nitrogens with zero attached hydrogens (tertiary/aromatic N) is 2. The lowest BCUT2D eigenvalue weighted by Gasteiger charge is -2.41. The molecule has 2 atom stereocenters. The SMILES string of the molecule is CCC1CNC(C(C)C)CN1CCCCN(C)C(C)C. The molecular formula is C17H37N3. The Labute approximate surface area is 127 Å². The average Bonchev–Trinajstić information content (AvgIpc) is 2.42. The molecule has 0 aliphatic carbocycles. The van der Waals surface area contributed by atoms with Crippen molar-refractivity contribution in [1.82, 2.24) is 15.1 Å². The van der Waals surface area contributed by atoms with E-state index in [1.165, 1.54) is 45.4 Å². The van der Waals surface area contributed by atoms with Crippen molar-refractivity contribution in [3.63, 3.8) is 0 Å². The van der Waals surface area contributed by atoms with Crippen molar-refractivity contribution < 1.29 is 0 Å². The first kappa shape index (κ1) is 17.9. The minimum Gasteiger partial charge on any atom is -0.311 e. The lowest BCUT2D eigenvalue weighted by Crippen LogP contribution is -2.58. The Morgan fingerprint density at radius 3 is 2.45 bits per heavy atom. The van der Waals surface area contributed by atoms with Gasteiger partial charge in [0, 0.05) is 31.2 Å². The molecule has 1 rings (SSSR count). The van der Waals surface area contributed by atoms with Crippen LogP contribution in [0.3, 0.4) is 0 Å². The number of unbranched alkanes of at least 4 members (excludes halogenated alkanes) is 1. The van der Waals surface area contributed by atoms with E-state index in [1.54, 1.807) is 0 Å². The molecular weight excluding hydrogens is 246 g/mol. The van der Waals surface area contributed by atoms with Gasteiger partial charge < -0.3 is 10.2 Å². The van der Waals surface area contributed by atoms with Crippen molar-refractivity contribution in [2.24, 2.45) is 5.92 Å². The largest absolute Gasteiger partial charge is 0.311 e. The fourth-order valence-electron chi connectivity index (χ4n) is 2.94. The predicted octanol–water partition coefficient (Wildman–Crippen LogP) is 2.82. The highest BCUT2D eigenvalue weighted by Gasteiger charge is 2.27. The molecule has 1 N–H and O–H groups in total. The predicted molar refractivity (Wildman–Crippen MR) is 89.3 cm³/mol. The molecule has 0 bridgehead atoms. The van der Waals surface area contributed by atoms with Gasteiger partial charge in [-0.05, 0) is 59.2 Å². The smallest absolute Gasteiger partial charge is 0.0218 e. The molecule has 120 valence electrons. The minimum absolute atomic E-state index is 0.669. The van der Waals surface area contributed by atoms with Crippen molar-refractivity contribution in [3.05, 3.63) is 0 Å². The van der Waals surface area contributed by atoms with E-state index in [0.717, 1.165) is 12.0 Å². The molecule has 1 saturated heterocycles. The summed E-state index contributed by atoms with van der Waals surface area (Å²) in [5, 5.41) is 3.72. The molecule has 0 aromatic rings. The summed E-state index contributed by atoms with van der Waals surface area (Å²) in [4.78, 5) is 5.18. The van der Waals surface area contributed by atoms with Gasteiger partial charge in [-0.1, -0.05) is 20.8 Å². The summed E-state index contributed by atoms with van der Waals surface area (Å²) in [5.74, 6) is 0.738. The number of piperazine rings is 1. The first-order valence-electron chi connectivity index (χ1n) is 8.63. The van der Waals surface area contributed by atoms with Gasteiger partial charge in [0.1, 0.15) is 0 Å². The maximum Gasteiger partial charge on any atom is 0.0218 e. The second-order valence-corrected chi connectivity index (χ2v) is 7.10. The molecule has 0 aromatic heterocycles. The summed E-state index contributed by atoms with van der Waals surface area (Å²) < 4.78 is 0. The van der Waals surface area contributed by atoms with Crippen molar-refractivity contribution in [2.75, 3.05) is 33.2 Å². The number of nitrogens with one attached hydrogen (secondary N) is 1. The molecule has 1 heterocycles. The molecule has 1 aliphatic rings. The Balaban J connectivity index is 2.31. The van der Waals surface area contributed by atoms with Gasteiger partial charge >= 0.3 is 0 Å². The Morgan fingerprint density at radius 2 is 1.90 bits per heavy atom. The molecule has 0 amide bonds. The van der Waals surface area contributed by atoms with Crippen LogP contribution in [0.25, 0.3) is 0 Å². The lowest BCUT2D eigenvalue weighted by molar-refractivity contribution is 0.107. The normalized spacial score (nSPS) is 25.1. The van der Waals surface area contributed by atoms with E-state index in [4.69, 9.17) is 0 Å². The van der Waals surface area contributed by atoms with Crippen molar-refractivity contribution in [3.8, 4) is 0 Å². The van der Waals surface area contributed by atoms with Gasteiger partial charge in [0.25, 0.3) is 0 Å². The van der Waals surface area contributed by atoms with Crippen LogP contribution in [0.15, 0.2) is 0 Å². The molecule has 0 spiro atoms. The summed E-state index contributed by atoms with van der Waals surface area (Å²) in [5.41, 5.74) is 0. The van der Waals surface area contributed by atoms with Gasteiger partial charge in [0.2, 0.25) is 0 Å². The highest BCUT2D eigenvalue weighted by molar-refractivity contribution is 4.86. The van der Waals surface area contributed by atoms with E-state index in [2.05, 4.69) is 56.8 Å². The Bertz CT molecular complexity index is 253. The first-order valence-corrected chi connectivity index (χ1v) is 8.63. The molecule has 0 saturated carbocycles. The number of rotatable bonds is 8. The Kier molecular flexibility index (Phi) is 8.08. The monoisotopic (exact) mass is 283 g/mol. The summed E-state index contributed by atoms with van der Waals surface area (Å²) in [7, 11) is 2.24. The van der Waals surface area contributed by atoms with Gasteiger partial charge in [-0.15, -0.1) is 0 Å². The van der Waals surface area contributed by atoms with E-state index in [9.17, 15) is 0 Å². The average molecular weight is 284 g/mol. The van der Waals surface area contributed by atoms with Crippen molar-refractivity contribution >= 4 is 0 Å². The van der Waals surface area contributed by atoms with Gasteiger partial charge in [-0.3, -0.25) is 4.90 Å². The van der Waals surface area contributed by atoms with Crippen LogP contribution in [-0.2, 0) is 0 Å². The standard InChI is InChI=1S/C17H37N3/c1-7-16-12-18-17(14(2)3)13-20(16)11-9-8-10-19(6)15(4)5/h14-18H,7-13H2,1-6H3. The van der Waals surface area contributed by atoms with Crippen LogP contribution >= 0.6 is 0 Å². The molecule has 3 heteroatoms. The summed E-state index contributed by atoms with van der Waals surface area (Å²) in [6.45, 7) is 16.4. The van der Waals surface area contributed by atoms with E-state index in [0.29, 0.717) is 12.1 Å². The zero-order chi connectivity index (χ0) is 15.1. The second kappa shape index (κ2) is 9.01. The quantitative estimate of drug-likeness (QED) is 0.691. The van der Waals surface area contributed by atoms with Crippen LogP contribution < -0.4 is 5.32 Å². The zero-order valence-corrected chi connectivity index (χ0v) is 14.7.